The maximum atomic E-state index is 13.0. The molecule has 0 aromatic carbocycles. The predicted octanol–water partition coefficient (Wildman–Crippen LogP) is 1.82. The Labute approximate surface area is 185 Å². The third kappa shape index (κ3) is 5.38. The lowest BCUT2D eigenvalue weighted by molar-refractivity contribution is 0.0525. The second-order valence-electron chi connectivity index (χ2n) is 8.37. The molecule has 2 atom stereocenters. The van der Waals surface area contributed by atoms with E-state index in [4.69, 9.17) is 14.5 Å². The zero-order valence-corrected chi connectivity index (χ0v) is 19.5. The SMILES string of the molecule is CCOC(=O)c1cc(C(C)N[S+]([O-])C(C)(C)C)c2nc(N3CCOCC3)cc(=O)n2c1. The molecule has 1 aliphatic rings. The lowest BCUT2D eigenvalue weighted by atomic mass is 10.1. The van der Waals surface area contributed by atoms with Gasteiger partial charge in [-0.2, -0.15) is 0 Å². The van der Waals surface area contributed by atoms with Crippen LogP contribution in [0.4, 0.5) is 5.82 Å². The molecule has 2 aromatic heterocycles. The molecule has 0 bridgehead atoms. The fourth-order valence-corrected chi connectivity index (χ4v) is 4.02. The van der Waals surface area contributed by atoms with E-state index in [1.54, 1.807) is 13.0 Å². The zero-order chi connectivity index (χ0) is 22.8. The number of hydrogen-bond donors (Lipinski definition) is 1. The molecule has 170 valence electrons. The molecule has 31 heavy (non-hydrogen) atoms. The summed E-state index contributed by atoms with van der Waals surface area (Å²) in [6, 6.07) is 2.68. The van der Waals surface area contributed by atoms with Crippen LogP contribution in [0.2, 0.25) is 0 Å². The van der Waals surface area contributed by atoms with Crippen molar-refractivity contribution in [2.75, 3.05) is 37.8 Å². The molecule has 3 heterocycles. The highest BCUT2D eigenvalue weighted by Crippen LogP contribution is 2.25. The first kappa shape index (κ1) is 23.5. The number of hydrogen-bond acceptors (Lipinski definition) is 8. The van der Waals surface area contributed by atoms with Gasteiger partial charge in [-0.05, 0) is 40.7 Å². The normalized spacial score (nSPS) is 16.9. The first-order chi connectivity index (χ1) is 14.6. The van der Waals surface area contributed by atoms with E-state index < -0.39 is 28.1 Å². The van der Waals surface area contributed by atoms with Gasteiger partial charge in [-0.15, -0.1) is 4.72 Å². The Morgan fingerprint density at radius 1 is 1.35 bits per heavy atom. The van der Waals surface area contributed by atoms with Gasteiger partial charge in [0.2, 0.25) is 0 Å². The van der Waals surface area contributed by atoms with Crippen molar-refractivity contribution in [3.05, 3.63) is 39.8 Å². The van der Waals surface area contributed by atoms with E-state index in [2.05, 4.69) is 4.72 Å². The largest absolute Gasteiger partial charge is 0.598 e. The summed E-state index contributed by atoms with van der Waals surface area (Å²) in [4.78, 5) is 32.1. The van der Waals surface area contributed by atoms with Crippen LogP contribution >= 0.6 is 0 Å². The van der Waals surface area contributed by atoms with E-state index in [1.807, 2.05) is 32.6 Å². The molecule has 2 aromatic rings. The van der Waals surface area contributed by atoms with E-state index in [9.17, 15) is 14.1 Å². The summed E-state index contributed by atoms with van der Waals surface area (Å²) in [6.07, 6.45) is 1.45. The molecule has 0 aliphatic carbocycles. The van der Waals surface area contributed by atoms with Crippen LogP contribution in [0.1, 0.15) is 56.6 Å². The number of pyridine rings is 1. The Balaban J connectivity index is 2.13. The van der Waals surface area contributed by atoms with Crippen LogP contribution in [-0.4, -0.2) is 57.6 Å². The van der Waals surface area contributed by atoms with E-state index in [0.29, 0.717) is 43.3 Å². The van der Waals surface area contributed by atoms with Crippen molar-refractivity contribution in [3.8, 4) is 0 Å². The van der Waals surface area contributed by atoms with E-state index in [0.717, 1.165) is 0 Å². The van der Waals surface area contributed by atoms with Gasteiger partial charge in [-0.3, -0.25) is 9.20 Å². The van der Waals surface area contributed by atoms with E-state index in [1.165, 1.54) is 16.7 Å². The second kappa shape index (κ2) is 9.56. The number of morpholine rings is 1. The first-order valence-electron chi connectivity index (χ1n) is 10.4. The third-order valence-electron chi connectivity index (χ3n) is 4.93. The van der Waals surface area contributed by atoms with Gasteiger partial charge in [0.25, 0.3) is 5.56 Å². The highest BCUT2D eigenvalue weighted by atomic mass is 32.2. The number of fused-ring (bicyclic) bond motifs is 1. The number of carbonyl (C=O) groups excluding carboxylic acids is 1. The van der Waals surface area contributed by atoms with Crippen molar-refractivity contribution in [1.29, 1.82) is 0 Å². The van der Waals surface area contributed by atoms with Crippen LogP contribution < -0.4 is 15.2 Å². The molecule has 1 fully saturated rings. The van der Waals surface area contributed by atoms with Gasteiger partial charge in [0, 0.05) is 42.3 Å². The van der Waals surface area contributed by atoms with Crippen molar-refractivity contribution < 1.29 is 18.8 Å². The maximum absolute atomic E-state index is 13.0. The number of rotatable bonds is 6. The summed E-state index contributed by atoms with van der Waals surface area (Å²) in [5.74, 6) is 0.0292. The molecule has 0 amide bonds. The Kier molecular flexibility index (Phi) is 7.25. The minimum atomic E-state index is -1.35. The topological polar surface area (TPSA) is 108 Å². The number of nitrogens with zero attached hydrogens (tertiary/aromatic N) is 3. The standard InChI is InChI=1S/C21H30N4O5S/c1-6-30-20(27)15-11-16(14(2)23-31(28)21(3,4)5)19-22-17(12-18(26)25(19)13-15)24-7-9-29-10-8-24/h11-14,23H,6-10H2,1-5H3. The molecule has 10 heteroatoms. The molecule has 1 N–H and O–H groups in total. The predicted molar refractivity (Wildman–Crippen MR) is 120 cm³/mol. The van der Waals surface area contributed by atoms with Crippen LogP contribution in [0.15, 0.2) is 23.1 Å². The number of anilines is 1. The third-order valence-corrected chi connectivity index (χ3v) is 6.61. The van der Waals surface area contributed by atoms with Gasteiger partial charge in [0.15, 0.2) is 0 Å². The molecule has 1 saturated heterocycles. The summed E-state index contributed by atoms with van der Waals surface area (Å²) in [5.41, 5.74) is 0.939. The molecule has 0 radical (unpaired) electrons. The van der Waals surface area contributed by atoms with Gasteiger partial charge in [0.05, 0.1) is 31.4 Å². The number of carbonyl (C=O) groups is 1. The van der Waals surface area contributed by atoms with Crippen LogP contribution in [0.25, 0.3) is 5.65 Å². The van der Waals surface area contributed by atoms with Crippen LogP contribution in [0.5, 0.6) is 0 Å². The summed E-state index contributed by atoms with van der Waals surface area (Å²) in [6.45, 7) is 11.8. The van der Waals surface area contributed by atoms with Crippen molar-refractivity contribution >= 4 is 28.8 Å². The lowest BCUT2D eigenvalue weighted by Crippen LogP contribution is -2.41. The molecular weight excluding hydrogens is 420 g/mol. The average molecular weight is 451 g/mol. The van der Waals surface area contributed by atoms with Crippen molar-refractivity contribution in [3.63, 3.8) is 0 Å². The average Bonchev–Trinajstić information content (AvgIpc) is 2.73. The Hall–Kier alpha value is -2.14. The summed E-state index contributed by atoms with van der Waals surface area (Å²) < 4.78 is 27.2. The number of ether oxygens (including phenoxy) is 2. The van der Waals surface area contributed by atoms with Crippen molar-refractivity contribution in [2.45, 2.75) is 45.4 Å². The second-order valence-corrected chi connectivity index (χ2v) is 10.4. The van der Waals surface area contributed by atoms with E-state index in [-0.39, 0.29) is 17.7 Å². The van der Waals surface area contributed by atoms with Crippen LogP contribution in [0.3, 0.4) is 0 Å². The van der Waals surface area contributed by atoms with Crippen LogP contribution in [-0.2, 0) is 20.8 Å². The monoisotopic (exact) mass is 450 g/mol. The first-order valence-corrected chi connectivity index (χ1v) is 11.5. The fourth-order valence-electron chi connectivity index (χ4n) is 3.22. The number of aromatic nitrogens is 2. The highest BCUT2D eigenvalue weighted by Gasteiger charge is 2.30. The summed E-state index contributed by atoms with van der Waals surface area (Å²) >= 11 is -1.35. The van der Waals surface area contributed by atoms with Gasteiger partial charge >= 0.3 is 5.97 Å². The number of esters is 1. The Morgan fingerprint density at radius 2 is 2.03 bits per heavy atom. The highest BCUT2D eigenvalue weighted by molar-refractivity contribution is 7.90. The molecular formula is C21H30N4O5S. The van der Waals surface area contributed by atoms with Crippen molar-refractivity contribution in [1.82, 2.24) is 14.1 Å². The molecule has 2 unspecified atom stereocenters. The molecule has 9 nitrogen and oxygen atoms in total. The fraction of sp³-hybridized carbons (Fsp3) is 0.571. The molecule has 0 saturated carbocycles. The van der Waals surface area contributed by atoms with E-state index >= 15 is 0 Å². The smallest absolute Gasteiger partial charge is 0.339 e. The maximum Gasteiger partial charge on any atom is 0.339 e. The van der Waals surface area contributed by atoms with Gasteiger partial charge in [-0.1, -0.05) is 0 Å². The Morgan fingerprint density at radius 3 is 2.65 bits per heavy atom. The number of nitrogens with one attached hydrogen (secondary N) is 1. The minimum absolute atomic E-state index is 0.219. The molecule has 1 aliphatic heterocycles. The zero-order valence-electron chi connectivity index (χ0n) is 18.6. The van der Waals surface area contributed by atoms with Gasteiger partial charge < -0.3 is 18.9 Å². The molecule has 3 rings (SSSR count). The minimum Gasteiger partial charge on any atom is -0.598 e. The van der Waals surface area contributed by atoms with Crippen molar-refractivity contribution in [2.24, 2.45) is 0 Å². The summed E-state index contributed by atoms with van der Waals surface area (Å²) in [5, 5.41) is 0. The van der Waals surface area contributed by atoms with Gasteiger partial charge in [0.1, 0.15) is 16.2 Å². The quantitative estimate of drug-likeness (QED) is 0.524. The lowest BCUT2D eigenvalue weighted by Gasteiger charge is -2.29. The summed E-state index contributed by atoms with van der Waals surface area (Å²) in [7, 11) is 0. The molecule has 0 spiro atoms. The Bertz CT molecular complexity index is 998. The van der Waals surface area contributed by atoms with Gasteiger partial charge in [-0.25, -0.2) is 9.78 Å². The van der Waals surface area contributed by atoms with Crippen LogP contribution in [0, 0.1) is 0 Å².